The Morgan fingerprint density at radius 3 is 2.71 bits per heavy atom. The molecule has 0 aliphatic carbocycles. The predicted octanol–water partition coefficient (Wildman–Crippen LogP) is 3.36. The van der Waals surface area contributed by atoms with Crippen LogP contribution in [0.2, 0.25) is 5.02 Å². The highest BCUT2D eigenvalue weighted by atomic mass is 35.5. The van der Waals surface area contributed by atoms with Gasteiger partial charge in [-0.25, -0.2) is 0 Å². The number of halogens is 1. The highest BCUT2D eigenvalue weighted by molar-refractivity contribution is 6.32. The number of aryl methyl sites for hydroxylation is 3. The number of hydrogen-bond donors (Lipinski definition) is 1. The molecule has 6 nitrogen and oxygen atoms in total. The lowest BCUT2D eigenvalue weighted by molar-refractivity contribution is -0.116. The maximum Gasteiger partial charge on any atom is 0.225 e. The second kappa shape index (κ2) is 7.84. The summed E-state index contributed by atoms with van der Waals surface area (Å²) < 4.78 is 7.13. The standard InChI is InChI=1S/C17H19ClN4O2/c1-11-7-14(8-12(2)16(11)18)24-6-4-5-15(23)21-17-13(9-19)10-20-22(17)3/h7-8,10H,4-6H2,1-3H3,(H,21,23). The number of rotatable bonds is 6. The van der Waals surface area contributed by atoms with Crippen LogP contribution in [0.25, 0.3) is 0 Å². The van der Waals surface area contributed by atoms with Gasteiger partial charge in [-0.05, 0) is 43.5 Å². The molecule has 1 amide bonds. The normalized spacial score (nSPS) is 10.3. The summed E-state index contributed by atoms with van der Waals surface area (Å²) in [6, 6.07) is 5.75. The zero-order valence-electron chi connectivity index (χ0n) is 13.9. The van der Waals surface area contributed by atoms with Gasteiger partial charge < -0.3 is 10.1 Å². The highest BCUT2D eigenvalue weighted by Crippen LogP contribution is 2.26. The minimum absolute atomic E-state index is 0.179. The fraction of sp³-hybridized carbons (Fsp3) is 0.353. The minimum atomic E-state index is -0.179. The number of ether oxygens (including phenoxy) is 1. The third-order valence-electron chi connectivity index (χ3n) is 3.54. The van der Waals surface area contributed by atoms with E-state index in [4.69, 9.17) is 21.6 Å². The van der Waals surface area contributed by atoms with Crippen molar-refractivity contribution >= 4 is 23.3 Å². The Kier molecular flexibility index (Phi) is 5.83. The van der Waals surface area contributed by atoms with Crippen molar-refractivity contribution in [2.24, 2.45) is 7.05 Å². The number of anilines is 1. The summed E-state index contributed by atoms with van der Waals surface area (Å²) in [5.74, 6) is 0.975. The maximum atomic E-state index is 12.0. The van der Waals surface area contributed by atoms with E-state index < -0.39 is 0 Å². The van der Waals surface area contributed by atoms with Gasteiger partial charge in [0.15, 0.2) is 0 Å². The van der Waals surface area contributed by atoms with Crippen LogP contribution in [0.5, 0.6) is 5.75 Å². The topological polar surface area (TPSA) is 79.9 Å². The van der Waals surface area contributed by atoms with Crippen LogP contribution >= 0.6 is 11.6 Å². The van der Waals surface area contributed by atoms with Gasteiger partial charge in [0.2, 0.25) is 5.91 Å². The molecule has 1 aromatic carbocycles. The molecule has 126 valence electrons. The first kappa shape index (κ1) is 17.8. The van der Waals surface area contributed by atoms with Crippen LogP contribution in [0.15, 0.2) is 18.3 Å². The molecular weight excluding hydrogens is 328 g/mol. The van der Waals surface area contributed by atoms with Crippen LogP contribution in [-0.4, -0.2) is 22.3 Å². The summed E-state index contributed by atoms with van der Waals surface area (Å²) >= 11 is 6.12. The lowest BCUT2D eigenvalue weighted by atomic mass is 10.1. The van der Waals surface area contributed by atoms with Crippen LogP contribution in [0.1, 0.15) is 29.5 Å². The van der Waals surface area contributed by atoms with Crippen molar-refractivity contribution in [3.63, 3.8) is 0 Å². The van der Waals surface area contributed by atoms with Gasteiger partial charge >= 0.3 is 0 Å². The molecular formula is C17H19ClN4O2. The number of nitrogens with zero attached hydrogens (tertiary/aromatic N) is 3. The molecule has 0 saturated heterocycles. The number of amides is 1. The molecule has 1 N–H and O–H groups in total. The van der Waals surface area contributed by atoms with Gasteiger partial charge in [0.05, 0.1) is 12.8 Å². The minimum Gasteiger partial charge on any atom is -0.494 e. The quantitative estimate of drug-likeness (QED) is 0.813. The van der Waals surface area contributed by atoms with Crippen molar-refractivity contribution in [3.8, 4) is 11.8 Å². The largest absolute Gasteiger partial charge is 0.494 e. The average molecular weight is 347 g/mol. The molecule has 0 aliphatic heterocycles. The molecule has 0 aliphatic rings. The summed E-state index contributed by atoms with van der Waals surface area (Å²) in [5, 5.41) is 16.4. The number of benzene rings is 1. The van der Waals surface area contributed by atoms with Gasteiger partial charge in [-0.3, -0.25) is 9.48 Å². The summed E-state index contributed by atoms with van der Waals surface area (Å²) in [6.45, 7) is 4.27. The van der Waals surface area contributed by atoms with Crippen molar-refractivity contribution in [1.29, 1.82) is 5.26 Å². The predicted molar refractivity (Wildman–Crippen MR) is 92.2 cm³/mol. The van der Waals surface area contributed by atoms with E-state index in [9.17, 15) is 4.79 Å². The van der Waals surface area contributed by atoms with E-state index in [1.165, 1.54) is 10.9 Å². The van der Waals surface area contributed by atoms with Crippen LogP contribution in [0.3, 0.4) is 0 Å². The molecule has 0 saturated carbocycles. The first-order valence-corrected chi connectivity index (χ1v) is 7.91. The Morgan fingerprint density at radius 2 is 2.08 bits per heavy atom. The second-order valence-corrected chi connectivity index (χ2v) is 5.89. The summed E-state index contributed by atoms with van der Waals surface area (Å²) in [4.78, 5) is 12.0. The molecule has 1 aromatic heterocycles. The fourth-order valence-electron chi connectivity index (χ4n) is 2.27. The van der Waals surface area contributed by atoms with Crippen LogP contribution in [0.4, 0.5) is 5.82 Å². The Bertz CT molecular complexity index is 769. The van der Waals surface area contributed by atoms with Gasteiger partial charge in [-0.15, -0.1) is 0 Å². The van der Waals surface area contributed by atoms with E-state index in [0.29, 0.717) is 30.8 Å². The lowest BCUT2D eigenvalue weighted by Crippen LogP contribution is -2.16. The molecule has 0 unspecified atom stereocenters. The number of hydrogen-bond acceptors (Lipinski definition) is 4. The van der Waals surface area contributed by atoms with E-state index in [-0.39, 0.29) is 5.91 Å². The second-order valence-electron chi connectivity index (χ2n) is 5.51. The summed E-state index contributed by atoms with van der Waals surface area (Å²) in [6.07, 6.45) is 2.28. The van der Waals surface area contributed by atoms with Crippen LogP contribution < -0.4 is 10.1 Å². The van der Waals surface area contributed by atoms with Crippen molar-refractivity contribution in [3.05, 3.63) is 40.0 Å². The zero-order chi connectivity index (χ0) is 17.7. The molecule has 24 heavy (non-hydrogen) atoms. The van der Waals surface area contributed by atoms with E-state index in [1.54, 1.807) is 7.05 Å². The summed E-state index contributed by atoms with van der Waals surface area (Å²) in [7, 11) is 1.67. The number of nitriles is 1. The average Bonchev–Trinajstić information content (AvgIpc) is 2.89. The molecule has 7 heteroatoms. The van der Waals surface area contributed by atoms with E-state index in [2.05, 4.69) is 10.4 Å². The van der Waals surface area contributed by atoms with Crippen LogP contribution in [0, 0.1) is 25.2 Å². The molecule has 0 spiro atoms. The zero-order valence-corrected chi connectivity index (χ0v) is 14.6. The third-order valence-corrected chi connectivity index (χ3v) is 4.14. The van der Waals surface area contributed by atoms with Crippen LogP contribution in [-0.2, 0) is 11.8 Å². The Labute approximate surface area is 146 Å². The van der Waals surface area contributed by atoms with Crippen molar-refractivity contribution in [2.45, 2.75) is 26.7 Å². The molecule has 0 bridgehead atoms. The highest BCUT2D eigenvalue weighted by Gasteiger charge is 2.11. The van der Waals surface area contributed by atoms with E-state index in [1.807, 2.05) is 32.0 Å². The Hall–Kier alpha value is -2.52. The lowest BCUT2D eigenvalue weighted by Gasteiger charge is -2.10. The molecule has 2 aromatic rings. The summed E-state index contributed by atoms with van der Waals surface area (Å²) in [5.41, 5.74) is 2.27. The maximum absolute atomic E-state index is 12.0. The van der Waals surface area contributed by atoms with Gasteiger partial charge in [0, 0.05) is 18.5 Å². The van der Waals surface area contributed by atoms with E-state index in [0.717, 1.165) is 21.9 Å². The van der Waals surface area contributed by atoms with Crippen molar-refractivity contribution < 1.29 is 9.53 Å². The fourth-order valence-corrected chi connectivity index (χ4v) is 2.38. The van der Waals surface area contributed by atoms with Gasteiger partial charge in [0.25, 0.3) is 0 Å². The molecule has 0 atom stereocenters. The molecule has 2 rings (SSSR count). The van der Waals surface area contributed by atoms with Gasteiger partial charge in [-0.1, -0.05) is 11.6 Å². The van der Waals surface area contributed by atoms with Gasteiger partial charge in [0.1, 0.15) is 23.2 Å². The first-order chi connectivity index (χ1) is 11.4. The number of carbonyl (C=O) groups excluding carboxylic acids is 1. The monoisotopic (exact) mass is 346 g/mol. The van der Waals surface area contributed by atoms with E-state index >= 15 is 0 Å². The Morgan fingerprint density at radius 1 is 1.42 bits per heavy atom. The van der Waals surface area contributed by atoms with Crippen molar-refractivity contribution in [2.75, 3.05) is 11.9 Å². The number of carbonyl (C=O) groups is 1. The smallest absolute Gasteiger partial charge is 0.225 e. The number of nitrogens with one attached hydrogen (secondary N) is 1. The first-order valence-electron chi connectivity index (χ1n) is 7.54. The SMILES string of the molecule is Cc1cc(OCCCC(=O)Nc2c(C#N)cnn2C)cc(C)c1Cl. The van der Waals surface area contributed by atoms with Gasteiger partial charge in [-0.2, -0.15) is 10.4 Å². The third kappa shape index (κ3) is 4.27. The number of aromatic nitrogens is 2. The Balaban J connectivity index is 1.81. The molecule has 0 fully saturated rings. The van der Waals surface area contributed by atoms with Crippen molar-refractivity contribution in [1.82, 2.24) is 9.78 Å². The molecule has 0 radical (unpaired) electrons. The molecule has 1 heterocycles.